The Hall–Kier alpha value is -0.690. The molecule has 0 aromatic heterocycles. The first-order valence-corrected chi connectivity index (χ1v) is 6.76. The second kappa shape index (κ2) is 12.8. The third-order valence-electron chi connectivity index (χ3n) is 2.74. The third-order valence-corrected chi connectivity index (χ3v) is 2.74. The molecule has 0 saturated heterocycles. The van der Waals surface area contributed by atoms with Gasteiger partial charge in [-0.05, 0) is 45.3 Å². The second-order valence-electron chi connectivity index (χ2n) is 4.57. The number of hydrazine groups is 1. The quantitative estimate of drug-likeness (QED) is 0.177. The molecule has 1 amide bonds. The van der Waals surface area contributed by atoms with Crippen molar-refractivity contribution in [2.75, 3.05) is 46.3 Å². The van der Waals surface area contributed by atoms with Crippen molar-refractivity contribution in [2.45, 2.75) is 25.7 Å². The van der Waals surface area contributed by atoms with Crippen molar-refractivity contribution in [2.24, 2.45) is 11.6 Å². The van der Waals surface area contributed by atoms with Gasteiger partial charge in [-0.3, -0.25) is 10.6 Å². The van der Waals surface area contributed by atoms with Crippen molar-refractivity contribution < 1.29 is 4.79 Å². The molecule has 0 aromatic rings. The predicted molar refractivity (Wildman–Crippen MR) is 74.8 cm³/mol. The zero-order valence-electron chi connectivity index (χ0n) is 11.6. The summed E-state index contributed by atoms with van der Waals surface area (Å²) in [6.45, 7) is 5.28. The van der Waals surface area contributed by atoms with Crippen LogP contribution in [0.1, 0.15) is 25.7 Å². The number of nitrogens with two attached hydrogens (primary N) is 2. The van der Waals surface area contributed by atoms with E-state index in [1.807, 2.05) is 5.01 Å². The van der Waals surface area contributed by atoms with E-state index in [0.717, 1.165) is 64.8 Å². The highest BCUT2D eigenvalue weighted by Gasteiger charge is 1.97. The van der Waals surface area contributed by atoms with Gasteiger partial charge in [0.25, 0.3) is 0 Å². The van der Waals surface area contributed by atoms with Crippen molar-refractivity contribution in [3.05, 3.63) is 0 Å². The van der Waals surface area contributed by atoms with Gasteiger partial charge in [0.1, 0.15) is 0 Å². The molecule has 0 fully saturated rings. The van der Waals surface area contributed by atoms with Gasteiger partial charge < -0.3 is 16.0 Å². The molecule has 18 heavy (non-hydrogen) atoms. The Morgan fingerprint density at radius 2 is 1.72 bits per heavy atom. The molecule has 0 aliphatic heterocycles. The van der Waals surface area contributed by atoms with Gasteiger partial charge in [0, 0.05) is 26.7 Å². The lowest BCUT2D eigenvalue weighted by Crippen LogP contribution is -2.34. The number of amides is 1. The molecule has 6 nitrogen and oxygen atoms in total. The molecule has 0 rings (SSSR count). The monoisotopic (exact) mass is 259 g/mol. The van der Waals surface area contributed by atoms with Crippen LogP contribution in [0, 0.1) is 0 Å². The molecule has 0 bridgehead atoms. The van der Waals surface area contributed by atoms with Crippen LogP contribution in [0.3, 0.4) is 0 Å². The smallest absolute Gasteiger partial charge is 0.209 e. The first-order chi connectivity index (χ1) is 8.70. The van der Waals surface area contributed by atoms with Crippen LogP contribution in [-0.4, -0.2) is 62.6 Å². The lowest BCUT2D eigenvalue weighted by molar-refractivity contribution is -0.117. The molecule has 0 radical (unpaired) electrons. The highest BCUT2D eigenvalue weighted by atomic mass is 16.1. The molecule has 0 aliphatic carbocycles. The molecular weight excluding hydrogens is 230 g/mol. The van der Waals surface area contributed by atoms with Crippen molar-refractivity contribution in [1.29, 1.82) is 0 Å². The highest BCUT2D eigenvalue weighted by Crippen LogP contribution is 1.91. The maximum atomic E-state index is 10.3. The number of hydrogen-bond donors (Lipinski definition) is 3. The average Bonchev–Trinajstić information content (AvgIpc) is 2.38. The topological polar surface area (TPSA) is 87.6 Å². The number of nitrogens with one attached hydrogen (secondary N) is 1. The summed E-state index contributed by atoms with van der Waals surface area (Å²) in [5.74, 6) is 5.79. The van der Waals surface area contributed by atoms with Crippen LogP contribution >= 0.6 is 0 Å². The van der Waals surface area contributed by atoms with E-state index in [0.29, 0.717) is 6.54 Å². The summed E-state index contributed by atoms with van der Waals surface area (Å²) in [5, 5.41) is 5.20. The molecule has 0 spiro atoms. The van der Waals surface area contributed by atoms with Crippen LogP contribution in [0.2, 0.25) is 0 Å². The number of unbranched alkanes of at least 4 members (excludes halogenated alkanes) is 1. The predicted octanol–water partition coefficient (Wildman–Crippen LogP) is -0.641. The standard InChI is InChI=1S/C12H29N5O/c1-16(12-18)9-5-8-15-7-2-3-10-17(14)11-4-6-13/h12,15H,2-11,13-14H2,1H3. The first-order valence-electron chi connectivity index (χ1n) is 6.76. The maximum Gasteiger partial charge on any atom is 0.209 e. The Labute approximate surface area is 111 Å². The summed E-state index contributed by atoms with van der Waals surface area (Å²) in [7, 11) is 1.80. The minimum atomic E-state index is 0.699. The fourth-order valence-corrected chi connectivity index (χ4v) is 1.60. The van der Waals surface area contributed by atoms with Crippen LogP contribution in [-0.2, 0) is 4.79 Å². The summed E-state index contributed by atoms with van der Waals surface area (Å²) in [4.78, 5) is 12.0. The van der Waals surface area contributed by atoms with Crippen LogP contribution in [0.5, 0.6) is 0 Å². The molecule has 0 aliphatic rings. The van der Waals surface area contributed by atoms with Gasteiger partial charge >= 0.3 is 0 Å². The van der Waals surface area contributed by atoms with Gasteiger partial charge in [0.05, 0.1) is 0 Å². The molecular formula is C12H29N5O. The van der Waals surface area contributed by atoms with Crippen molar-refractivity contribution in [3.8, 4) is 0 Å². The summed E-state index contributed by atoms with van der Waals surface area (Å²) in [6, 6.07) is 0. The zero-order chi connectivity index (χ0) is 13.6. The van der Waals surface area contributed by atoms with Crippen LogP contribution in [0.25, 0.3) is 0 Å². The molecule has 6 heteroatoms. The van der Waals surface area contributed by atoms with Gasteiger partial charge in [-0.2, -0.15) is 0 Å². The Kier molecular flexibility index (Phi) is 12.3. The van der Waals surface area contributed by atoms with Crippen molar-refractivity contribution in [3.63, 3.8) is 0 Å². The fourth-order valence-electron chi connectivity index (χ4n) is 1.60. The van der Waals surface area contributed by atoms with E-state index < -0.39 is 0 Å². The molecule has 0 aromatic carbocycles. The molecule has 0 heterocycles. The van der Waals surface area contributed by atoms with Crippen molar-refractivity contribution in [1.82, 2.24) is 15.2 Å². The van der Waals surface area contributed by atoms with E-state index >= 15 is 0 Å². The summed E-state index contributed by atoms with van der Waals surface area (Å²) < 4.78 is 0. The van der Waals surface area contributed by atoms with E-state index in [-0.39, 0.29) is 0 Å². The van der Waals surface area contributed by atoms with E-state index in [9.17, 15) is 4.79 Å². The Bertz CT molecular complexity index is 191. The Morgan fingerprint density at radius 3 is 2.39 bits per heavy atom. The van der Waals surface area contributed by atoms with Gasteiger partial charge in [-0.1, -0.05) is 0 Å². The molecule has 0 saturated carbocycles. The highest BCUT2D eigenvalue weighted by molar-refractivity contribution is 5.46. The zero-order valence-corrected chi connectivity index (χ0v) is 11.6. The Morgan fingerprint density at radius 1 is 1.06 bits per heavy atom. The van der Waals surface area contributed by atoms with Gasteiger partial charge in [0.2, 0.25) is 6.41 Å². The molecule has 5 N–H and O–H groups in total. The Balaban J connectivity index is 3.13. The van der Waals surface area contributed by atoms with E-state index in [4.69, 9.17) is 11.6 Å². The number of hydrogen-bond acceptors (Lipinski definition) is 5. The molecule has 0 atom stereocenters. The second-order valence-corrected chi connectivity index (χ2v) is 4.57. The summed E-state index contributed by atoms with van der Waals surface area (Å²) in [6.07, 6.45) is 5.03. The van der Waals surface area contributed by atoms with Crippen LogP contribution < -0.4 is 16.9 Å². The molecule has 0 unspecified atom stereocenters. The average molecular weight is 259 g/mol. The minimum absolute atomic E-state index is 0.699. The normalized spacial score (nSPS) is 10.9. The number of nitrogens with zero attached hydrogens (tertiary/aromatic N) is 2. The SMILES string of the molecule is CN(C=O)CCCNCCCCN(N)CCCN. The van der Waals surface area contributed by atoms with E-state index in [1.54, 1.807) is 11.9 Å². The fraction of sp³-hybridized carbons (Fsp3) is 0.917. The van der Waals surface area contributed by atoms with Crippen LogP contribution in [0.15, 0.2) is 0 Å². The lowest BCUT2D eigenvalue weighted by Gasteiger charge is -2.15. The first kappa shape index (κ1) is 17.3. The minimum Gasteiger partial charge on any atom is -0.348 e. The van der Waals surface area contributed by atoms with Gasteiger partial charge in [0.15, 0.2) is 0 Å². The van der Waals surface area contributed by atoms with E-state index in [1.165, 1.54) is 0 Å². The number of rotatable bonds is 13. The largest absolute Gasteiger partial charge is 0.348 e. The molecule has 108 valence electrons. The number of carbonyl (C=O) groups is 1. The summed E-state index contributed by atoms with van der Waals surface area (Å²) >= 11 is 0. The maximum absolute atomic E-state index is 10.3. The number of carbonyl (C=O) groups excluding carboxylic acids is 1. The summed E-state index contributed by atoms with van der Waals surface area (Å²) in [5.41, 5.74) is 5.41. The van der Waals surface area contributed by atoms with Crippen LogP contribution in [0.4, 0.5) is 0 Å². The van der Waals surface area contributed by atoms with E-state index in [2.05, 4.69) is 5.32 Å². The van der Waals surface area contributed by atoms with Gasteiger partial charge in [-0.15, -0.1) is 0 Å². The van der Waals surface area contributed by atoms with Crippen molar-refractivity contribution >= 4 is 6.41 Å². The van der Waals surface area contributed by atoms with Gasteiger partial charge in [-0.25, -0.2) is 5.01 Å². The third kappa shape index (κ3) is 11.8. The lowest BCUT2D eigenvalue weighted by atomic mass is 10.3.